The summed E-state index contributed by atoms with van der Waals surface area (Å²) < 4.78 is 0. The first-order valence-electron chi connectivity index (χ1n) is 9.57. The highest BCUT2D eigenvalue weighted by Crippen LogP contribution is 2.68. The first-order valence-corrected chi connectivity index (χ1v) is 9.57. The van der Waals surface area contributed by atoms with Gasteiger partial charge in [0.2, 0.25) is 0 Å². The number of aliphatic hydroxyl groups is 2. The van der Waals surface area contributed by atoms with E-state index in [1.807, 2.05) is 0 Å². The van der Waals surface area contributed by atoms with E-state index in [0.29, 0.717) is 35.9 Å². The second-order valence-corrected chi connectivity index (χ2v) is 8.81. The number of rotatable bonds is 1. The van der Waals surface area contributed by atoms with E-state index < -0.39 is 0 Å². The first-order chi connectivity index (χ1) is 11.6. The molecule has 4 heteroatoms. The maximum atomic E-state index is 11.6. The summed E-state index contributed by atoms with van der Waals surface area (Å²) in [6, 6.07) is 9.70. The minimum Gasteiger partial charge on any atom is -0.392 e. The molecule has 0 amide bonds. The minimum absolute atomic E-state index is 0.126. The molecule has 4 saturated heterocycles. The zero-order chi connectivity index (χ0) is 16.4. The van der Waals surface area contributed by atoms with Gasteiger partial charge in [0, 0.05) is 42.1 Å². The third-order valence-electron chi connectivity index (χ3n) is 8.46. The molecule has 6 aliphatic rings. The number of nitrogens with zero attached hydrogens (tertiary/aromatic N) is 2. The van der Waals surface area contributed by atoms with E-state index in [1.165, 1.54) is 11.3 Å². The number of fused-ring (bicyclic) bond motifs is 2. The zero-order valence-corrected chi connectivity index (χ0v) is 14.3. The zero-order valence-electron chi connectivity index (χ0n) is 14.3. The van der Waals surface area contributed by atoms with Crippen LogP contribution in [0.15, 0.2) is 24.3 Å². The summed E-state index contributed by atoms with van der Waals surface area (Å²) in [5.74, 6) is 1.14. The topological polar surface area (TPSA) is 46.9 Å². The summed E-state index contributed by atoms with van der Waals surface area (Å²) >= 11 is 0. The van der Waals surface area contributed by atoms with Gasteiger partial charge in [0.1, 0.15) is 6.23 Å². The Morgan fingerprint density at radius 2 is 2.00 bits per heavy atom. The van der Waals surface area contributed by atoms with Crippen molar-refractivity contribution in [1.29, 1.82) is 0 Å². The number of hydrogen-bond acceptors (Lipinski definition) is 4. The van der Waals surface area contributed by atoms with Crippen LogP contribution in [-0.4, -0.2) is 52.6 Å². The number of piperidine rings is 4. The van der Waals surface area contributed by atoms with Gasteiger partial charge in [-0.3, -0.25) is 4.90 Å². The average Bonchev–Trinajstić information content (AvgIpc) is 2.97. The van der Waals surface area contributed by atoms with Gasteiger partial charge >= 0.3 is 0 Å². The van der Waals surface area contributed by atoms with Crippen LogP contribution >= 0.6 is 0 Å². The summed E-state index contributed by atoms with van der Waals surface area (Å²) in [5, 5.41) is 22.6. The molecule has 1 unspecified atom stereocenters. The molecule has 1 aliphatic carbocycles. The summed E-state index contributed by atoms with van der Waals surface area (Å²) in [6.07, 6.45) is 2.56. The molecule has 5 aliphatic heterocycles. The van der Waals surface area contributed by atoms with Gasteiger partial charge in [-0.15, -0.1) is 0 Å². The van der Waals surface area contributed by atoms with Crippen LogP contribution in [0.2, 0.25) is 0 Å². The van der Waals surface area contributed by atoms with Crippen LogP contribution in [0.1, 0.15) is 31.7 Å². The van der Waals surface area contributed by atoms with Crippen molar-refractivity contribution >= 4 is 5.69 Å². The fourth-order valence-corrected chi connectivity index (χ4v) is 7.88. The monoisotopic (exact) mass is 326 g/mol. The average molecular weight is 326 g/mol. The summed E-state index contributed by atoms with van der Waals surface area (Å²) in [4.78, 5) is 4.83. The van der Waals surface area contributed by atoms with Crippen LogP contribution in [0.4, 0.5) is 5.69 Å². The molecule has 5 heterocycles. The predicted molar refractivity (Wildman–Crippen MR) is 91.7 cm³/mol. The number of benzene rings is 1. The van der Waals surface area contributed by atoms with Crippen LogP contribution in [0.3, 0.4) is 0 Å². The van der Waals surface area contributed by atoms with Gasteiger partial charge in [-0.05, 0) is 36.8 Å². The number of anilines is 1. The quantitative estimate of drug-likeness (QED) is 0.822. The van der Waals surface area contributed by atoms with Crippen molar-refractivity contribution in [2.45, 2.75) is 62.1 Å². The number of likely N-dealkylation sites (N-methyl/N-ethyl adjacent to an activating group) is 1. The van der Waals surface area contributed by atoms with Crippen LogP contribution in [0.5, 0.6) is 0 Å². The lowest BCUT2D eigenvalue weighted by molar-refractivity contribution is -0.211. The Morgan fingerprint density at radius 3 is 2.79 bits per heavy atom. The lowest BCUT2D eigenvalue weighted by atomic mass is 9.62. The van der Waals surface area contributed by atoms with E-state index in [9.17, 15) is 10.2 Å². The van der Waals surface area contributed by atoms with Crippen molar-refractivity contribution in [1.82, 2.24) is 4.90 Å². The fourth-order valence-electron chi connectivity index (χ4n) is 7.88. The molecular formula is C20H26N2O2. The van der Waals surface area contributed by atoms with Crippen LogP contribution in [0, 0.1) is 17.8 Å². The van der Waals surface area contributed by atoms with Gasteiger partial charge in [0.25, 0.3) is 0 Å². The van der Waals surface area contributed by atoms with Gasteiger partial charge in [0.05, 0.1) is 12.1 Å². The highest BCUT2D eigenvalue weighted by Gasteiger charge is 2.76. The maximum Gasteiger partial charge on any atom is 0.111 e. The van der Waals surface area contributed by atoms with Gasteiger partial charge in [-0.2, -0.15) is 0 Å². The SMILES string of the molecule is CC[C@@H]1[C@H]2C[C@H]3[C@@H]4N(C)c5ccccc5[C@@]45C[C@@H]([C@@H]2[C@H]5O)N3[C@H]1O. The van der Waals surface area contributed by atoms with E-state index in [4.69, 9.17) is 0 Å². The Hall–Kier alpha value is -1.10. The molecule has 0 radical (unpaired) electrons. The molecule has 0 aromatic heterocycles. The van der Waals surface area contributed by atoms with Gasteiger partial charge in [-0.1, -0.05) is 25.1 Å². The van der Waals surface area contributed by atoms with Crippen molar-refractivity contribution in [2.24, 2.45) is 17.8 Å². The molecule has 1 saturated carbocycles. The van der Waals surface area contributed by atoms with E-state index in [2.05, 4.69) is 48.0 Å². The van der Waals surface area contributed by atoms with Crippen molar-refractivity contribution in [2.75, 3.05) is 11.9 Å². The Bertz CT molecular complexity index is 723. The minimum atomic E-state index is -0.319. The van der Waals surface area contributed by atoms with E-state index in [-0.39, 0.29) is 17.7 Å². The summed E-state index contributed by atoms with van der Waals surface area (Å²) in [6.45, 7) is 2.19. The Balaban J connectivity index is 1.60. The molecule has 2 N–H and O–H groups in total. The summed E-state index contributed by atoms with van der Waals surface area (Å²) in [7, 11) is 2.19. The van der Waals surface area contributed by atoms with E-state index in [0.717, 1.165) is 19.3 Å². The van der Waals surface area contributed by atoms with Crippen molar-refractivity contribution in [3.63, 3.8) is 0 Å². The maximum absolute atomic E-state index is 11.6. The Morgan fingerprint density at radius 1 is 1.21 bits per heavy atom. The standard InChI is InChI=1S/C20H26N2O2/c1-3-10-11-8-14-17-20(12-6-4-5-7-13(12)21(17)2)9-15(16(11)18(20)23)22(14)19(10)24/h4-7,10-11,14-19,23-24H,3,8-9H2,1-2H3/t10-,11-,14+,15+,16-,17+,18-,19+,20+/m1/s1. The highest BCUT2D eigenvalue weighted by atomic mass is 16.3. The second-order valence-electron chi connectivity index (χ2n) is 8.81. The van der Waals surface area contributed by atoms with Crippen molar-refractivity contribution in [3.8, 4) is 0 Å². The second kappa shape index (κ2) is 4.17. The third kappa shape index (κ3) is 1.20. The summed E-state index contributed by atoms with van der Waals surface area (Å²) in [5.41, 5.74) is 2.51. The highest BCUT2D eigenvalue weighted by molar-refractivity contribution is 5.67. The van der Waals surface area contributed by atoms with Crippen molar-refractivity contribution in [3.05, 3.63) is 29.8 Å². The fraction of sp³-hybridized carbons (Fsp3) is 0.700. The molecular weight excluding hydrogens is 300 g/mol. The molecule has 5 bridgehead atoms. The third-order valence-corrected chi connectivity index (χ3v) is 8.46. The van der Waals surface area contributed by atoms with E-state index >= 15 is 0 Å². The van der Waals surface area contributed by atoms with Gasteiger partial charge in [-0.25, -0.2) is 0 Å². The predicted octanol–water partition coefficient (Wildman–Crippen LogP) is 1.55. The molecule has 1 aromatic carbocycles. The normalized spacial score (nSPS) is 55.8. The molecule has 4 nitrogen and oxygen atoms in total. The van der Waals surface area contributed by atoms with E-state index in [1.54, 1.807) is 0 Å². The molecule has 5 fully saturated rings. The largest absolute Gasteiger partial charge is 0.392 e. The number of aliphatic hydroxyl groups excluding tert-OH is 2. The van der Waals surface area contributed by atoms with Gasteiger partial charge < -0.3 is 15.1 Å². The lowest BCUT2D eigenvalue weighted by Gasteiger charge is -2.62. The molecule has 10 atom stereocenters. The number of para-hydroxylation sites is 1. The van der Waals surface area contributed by atoms with Crippen LogP contribution in [0.25, 0.3) is 0 Å². The lowest BCUT2D eigenvalue weighted by Crippen LogP contribution is -2.72. The molecule has 1 spiro atoms. The molecule has 1 aromatic rings. The van der Waals surface area contributed by atoms with Crippen molar-refractivity contribution < 1.29 is 10.2 Å². The number of hydrogen-bond donors (Lipinski definition) is 2. The molecule has 7 rings (SSSR count). The Labute approximate surface area is 143 Å². The Kier molecular flexibility index (Phi) is 2.45. The smallest absolute Gasteiger partial charge is 0.111 e. The molecule has 128 valence electrons. The molecule has 24 heavy (non-hydrogen) atoms. The van der Waals surface area contributed by atoms with Crippen LogP contribution < -0.4 is 4.90 Å². The first kappa shape index (κ1) is 14.1. The van der Waals surface area contributed by atoms with Crippen LogP contribution in [-0.2, 0) is 5.41 Å². The van der Waals surface area contributed by atoms with Gasteiger partial charge in [0.15, 0.2) is 0 Å².